The fourth-order valence-corrected chi connectivity index (χ4v) is 6.06. The molecule has 2 aromatic carbocycles. The molecule has 4 aromatic rings. The van der Waals surface area contributed by atoms with Gasteiger partial charge in [0.05, 0.1) is 43.1 Å². The van der Waals surface area contributed by atoms with E-state index in [0.717, 1.165) is 18.4 Å². The number of furan rings is 1. The number of sulfone groups is 1. The van der Waals surface area contributed by atoms with Gasteiger partial charge in [-0.3, -0.25) is 4.79 Å². The van der Waals surface area contributed by atoms with Crippen molar-refractivity contribution in [2.75, 3.05) is 13.2 Å². The molecule has 0 N–H and O–H groups in total. The van der Waals surface area contributed by atoms with E-state index in [-0.39, 0.29) is 35.2 Å². The zero-order valence-corrected chi connectivity index (χ0v) is 21.2. The lowest BCUT2D eigenvalue weighted by atomic mass is 10.2. The van der Waals surface area contributed by atoms with Crippen LogP contribution in [0.4, 0.5) is 0 Å². The molecule has 5 rings (SSSR count). The van der Waals surface area contributed by atoms with E-state index >= 15 is 0 Å². The van der Waals surface area contributed by atoms with Crippen molar-refractivity contribution in [1.29, 1.82) is 0 Å². The maximum atomic E-state index is 13.5. The summed E-state index contributed by atoms with van der Waals surface area (Å²) in [4.78, 5) is 19.4. The number of rotatable bonds is 10. The lowest BCUT2D eigenvalue weighted by molar-refractivity contribution is 0.0478. The van der Waals surface area contributed by atoms with Gasteiger partial charge in [0.15, 0.2) is 5.76 Å². The van der Waals surface area contributed by atoms with Crippen LogP contribution < -0.4 is 0 Å². The van der Waals surface area contributed by atoms with Crippen LogP contribution in [0.2, 0.25) is 0 Å². The summed E-state index contributed by atoms with van der Waals surface area (Å²) in [6, 6.07) is 22.0. The van der Waals surface area contributed by atoms with Gasteiger partial charge < -0.3 is 18.6 Å². The molecule has 0 radical (unpaired) electrons. The van der Waals surface area contributed by atoms with E-state index < -0.39 is 9.84 Å². The Hall–Kier alpha value is -3.69. The molecule has 1 atom stereocenters. The Bertz CT molecular complexity index is 1410. The van der Waals surface area contributed by atoms with Crippen molar-refractivity contribution in [3.05, 3.63) is 108 Å². The second-order valence-electron chi connectivity index (χ2n) is 9.15. The molecule has 0 spiro atoms. The van der Waals surface area contributed by atoms with Crippen LogP contribution in [0, 0.1) is 0 Å². The van der Waals surface area contributed by atoms with Crippen molar-refractivity contribution in [1.82, 2.24) is 14.5 Å². The first kappa shape index (κ1) is 25.0. The third kappa shape index (κ3) is 6.00. The SMILES string of the molecule is O=C(c1ccco1)N(Cc1cnc(S(=O)(=O)Cc2ccccc2)n1Cc1ccccc1)CC1CCCO1. The molecule has 1 aliphatic rings. The van der Waals surface area contributed by atoms with Crippen LogP contribution in [0.15, 0.2) is 94.8 Å². The fourth-order valence-electron chi connectivity index (χ4n) is 4.56. The molecule has 1 saturated heterocycles. The molecule has 37 heavy (non-hydrogen) atoms. The van der Waals surface area contributed by atoms with E-state index in [1.807, 2.05) is 48.5 Å². The maximum Gasteiger partial charge on any atom is 0.289 e. The molecule has 0 bridgehead atoms. The highest BCUT2D eigenvalue weighted by Crippen LogP contribution is 2.22. The lowest BCUT2D eigenvalue weighted by Crippen LogP contribution is -2.37. The van der Waals surface area contributed by atoms with Crippen LogP contribution in [0.25, 0.3) is 0 Å². The number of carbonyl (C=O) groups is 1. The molecular formula is C28H29N3O5S. The van der Waals surface area contributed by atoms with Crippen molar-refractivity contribution in [2.24, 2.45) is 0 Å². The van der Waals surface area contributed by atoms with Gasteiger partial charge in [0.1, 0.15) is 0 Å². The lowest BCUT2D eigenvalue weighted by Gasteiger charge is -2.25. The first-order valence-corrected chi connectivity index (χ1v) is 13.9. The highest BCUT2D eigenvalue weighted by molar-refractivity contribution is 7.90. The van der Waals surface area contributed by atoms with Crippen LogP contribution >= 0.6 is 0 Å². The topological polar surface area (TPSA) is 94.6 Å². The summed E-state index contributed by atoms with van der Waals surface area (Å²) in [5.41, 5.74) is 2.24. The summed E-state index contributed by atoms with van der Waals surface area (Å²) in [6.07, 6.45) is 4.75. The largest absolute Gasteiger partial charge is 0.459 e. The zero-order chi connectivity index (χ0) is 25.7. The highest BCUT2D eigenvalue weighted by atomic mass is 32.2. The molecule has 9 heteroatoms. The smallest absolute Gasteiger partial charge is 0.289 e. The standard InChI is InChI=1S/C28H29N3O5S/c32-27(26-14-8-16-36-26)30(20-25-13-7-15-35-25)19-24-17-29-28(31(24)18-22-9-3-1-4-10-22)37(33,34)21-23-11-5-2-6-12-23/h1-6,8-12,14,16-17,25H,7,13,15,18-21H2. The number of aromatic nitrogens is 2. The summed E-state index contributed by atoms with van der Waals surface area (Å²) in [7, 11) is -3.76. The zero-order valence-electron chi connectivity index (χ0n) is 20.4. The minimum absolute atomic E-state index is 0.0160. The molecule has 8 nitrogen and oxygen atoms in total. The van der Waals surface area contributed by atoms with Crippen molar-refractivity contribution in [3.63, 3.8) is 0 Å². The number of amides is 1. The number of hydrogen-bond acceptors (Lipinski definition) is 6. The van der Waals surface area contributed by atoms with Gasteiger partial charge in [-0.2, -0.15) is 0 Å². The average Bonchev–Trinajstić information content (AvgIpc) is 3.68. The van der Waals surface area contributed by atoms with Crippen molar-refractivity contribution < 1.29 is 22.4 Å². The third-order valence-corrected chi connectivity index (χ3v) is 7.98. The van der Waals surface area contributed by atoms with E-state index in [4.69, 9.17) is 9.15 Å². The Morgan fingerprint density at radius 3 is 2.38 bits per heavy atom. The van der Waals surface area contributed by atoms with Gasteiger partial charge in [-0.25, -0.2) is 13.4 Å². The van der Waals surface area contributed by atoms with E-state index in [2.05, 4.69) is 4.98 Å². The first-order valence-electron chi connectivity index (χ1n) is 12.3. The first-order chi connectivity index (χ1) is 18.0. The molecular weight excluding hydrogens is 490 g/mol. The van der Waals surface area contributed by atoms with E-state index in [1.54, 1.807) is 39.9 Å². The number of imidazole rings is 1. The molecule has 2 aromatic heterocycles. The molecule has 0 saturated carbocycles. The van der Waals surface area contributed by atoms with Crippen molar-refractivity contribution >= 4 is 15.7 Å². The van der Waals surface area contributed by atoms with Gasteiger partial charge >= 0.3 is 0 Å². The van der Waals surface area contributed by atoms with Gasteiger partial charge in [0.25, 0.3) is 5.91 Å². The Balaban J connectivity index is 1.50. The molecule has 0 aliphatic carbocycles. The summed E-state index contributed by atoms with van der Waals surface area (Å²) in [5, 5.41) is -0.0160. The van der Waals surface area contributed by atoms with Crippen molar-refractivity contribution in [3.8, 4) is 0 Å². The van der Waals surface area contributed by atoms with E-state index in [1.165, 1.54) is 6.26 Å². The van der Waals surface area contributed by atoms with Gasteiger partial charge in [0, 0.05) is 13.2 Å². The molecule has 1 unspecified atom stereocenters. The van der Waals surface area contributed by atoms with E-state index in [9.17, 15) is 13.2 Å². The van der Waals surface area contributed by atoms with Crippen LogP contribution in [-0.2, 0) is 33.4 Å². The summed E-state index contributed by atoms with van der Waals surface area (Å²) >= 11 is 0. The monoisotopic (exact) mass is 519 g/mol. The van der Waals surface area contributed by atoms with Gasteiger partial charge in [-0.1, -0.05) is 60.7 Å². The van der Waals surface area contributed by atoms with Gasteiger partial charge in [0.2, 0.25) is 15.0 Å². The van der Waals surface area contributed by atoms with Crippen LogP contribution in [0.3, 0.4) is 0 Å². The number of ether oxygens (including phenoxy) is 1. The number of benzene rings is 2. The number of nitrogens with zero attached hydrogens (tertiary/aromatic N) is 3. The van der Waals surface area contributed by atoms with E-state index in [0.29, 0.717) is 31.0 Å². The molecule has 1 amide bonds. The summed E-state index contributed by atoms with van der Waals surface area (Å²) in [6.45, 7) is 1.52. The number of hydrogen-bond donors (Lipinski definition) is 0. The Kier molecular flexibility index (Phi) is 7.52. The summed E-state index contributed by atoms with van der Waals surface area (Å²) < 4.78 is 39.9. The number of carbonyl (C=O) groups excluding carboxylic acids is 1. The molecule has 1 fully saturated rings. The normalized spacial score (nSPS) is 15.6. The van der Waals surface area contributed by atoms with Crippen LogP contribution in [-0.4, -0.2) is 48.0 Å². The third-order valence-electron chi connectivity index (χ3n) is 6.38. The molecule has 3 heterocycles. The molecule has 1 aliphatic heterocycles. The highest BCUT2D eigenvalue weighted by Gasteiger charge is 2.29. The maximum absolute atomic E-state index is 13.5. The minimum atomic E-state index is -3.76. The predicted molar refractivity (Wildman–Crippen MR) is 138 cm³/mol. The second-order valence-corrected chi connectivity index (χ2v) is 11.0. The van der Waals surface area contributed by atoms with Crippen LogP contribution in [0.5, 0.6) is 0 Å². The summed E-state index contributed by atoms with van der Waals surface area (Å²) in [5.74, 6) is -0.213. The Labute approximate surface area is 216 Å². The fraction of sp³-hybridized carbons (Fsp3) is 0.286. The quantitative estimate of drug-likeness (QED) is 0.310. The minimum Gasteiger partial charge on any atom is -0.459 e. The predicted octanol–water partition coefficient (Wildman–Crippen LogP) is 4.32. The second kappa shape index (κ2) is 11.1. The van der Waals surface area contributed by atoms with Crippen molar-refractivity contribution in [2.45, 2.75) is 42.9 Å². The Morgan fingerprint density at radius 1 is 1.00 bits per heavy atom. The van der Waals surface area contributed by atoms with Gasteiger partial charge in [-0.15, -0.1) is 0 Å². The Morgan fingerprint density at radius 2 is 1.73 bits per heavy atom. The average molecular weight is 520 g/mol. The molecule has 192 valence electrons. The van der Waals surface area contributed by atoms with Crippen LogP contribution in [0.1, 0.15) is 40.2 Å². The van der Waals surface area contributed by atoms with Gasteiger partial charge in [-0.05, 0) is 36.1 Å².